The molecule has 0 aliphatic rings. The van der Waals surface area contributed by atoms with E-state index in [-0.39, 0.29) is 6.61 Å². The van der Waals surface area contributed by atoms with Crippen LogP contribution in [0.5, 0.6) is 5.75 Å². The van der Waals surface area contributed by atoms with E-state index in [0.29, 0.717) is 22.3 Å². The molecule has 1 rings (SSSR count). The van der Waals surface area contributed by atoms with Gasteiger partial charge >= 0.3 is 0 Å². The zero-order valence-corrected chi connectivity index (χ0v) is 13.4. The van der Waals surface area contributed by atoms with Gasteiger partial charge in [-0.15, -0.1) is 0 Å². The molecule has 0 aromatic heterocycles. The van der Waals surface area contributed by atoms with Crippen molar-refractivity contribution in [3.63, 3.8) is 0 Å². The van der Waals surface area contributed by atoms with Crippen molar-refractivity contribution in [1.29, 1.82) is 0 Å². The van der Waals surface area contributed by atoms with E-state index in [1.807, 2.05) is 0 Å². The van der Waals surface area contributed by atoms with Crippen molar-refractivity contribution in [3.05, 3.63) is 28.2 Å². The number of rotatable bonds is 10. The fourth-order valence-electron chi connectivity index (χ4n) is 1.78. The highest BCUT2D eigenvalue weighted by Gasteiger charge is 2.07. The fraction of sp³-hybridized carbons (Fsp3) is 0.600. The molecule has 1 aromatic carbocycles. The van der Waals surface area contributed by atoms with Crippen molar-refractivity contribution in [3.8, 4) is 5.75 Å². The first kappa shape index (κ1) is 17.6. The number of halogens is 2. The van der Waals surface area contributed by atoms with Crippen LogP contribution in [0.4, 0.5) is 0 Å². The van der Waals surface area contributed by atoms with Gasteiger partial charge in [0.05, 0.1) is 5.02 Å². The van der Waals surface area contributed by atoms with Crippen LogP contribution in [-0.2, 0) is 0 Å². The van der Waals surface area contributed by atoms with Crippen LogP contribution in [0, 0.1) is 0 Å². The quantitative estimate of drug-likeness (QED) is 0.642. The number of hydrogen-bond donors (Lipinski definition) is 2. The summed E-state index contributed by atoms with van der Waals surface area (Å²) in [6, 6.07) is 5.04. The molecule has 0 spiro atoms. The molecule has 0 heterocycles. The predicted molar refractivity (Wildman–Crippen MR) is 85.0 cm³/mol. The first-order valence-electron chi connectivity index (χ1n) is 7.10. The van der Waals surface area contributed by atoms with Crippen LogP contribution in [0.2, 0.25) is 10.0 Å². The Morgan fingerprint density at radius 2 is 2.05 bits per heavy atom. The predicted octanol–water partition coefficient (Wildman–Crippen LogP) is 3.90. The van der Waals surface area contributed by atoms with E-state index in [2.05, 4.69) is 12.2 Å². The highest BCUT2D eigenvalue weighted by molar-refractivity contribution is 6.35. The van der Waals surface area contributed by atoms with E-state index in [4.69, 9.17) is 27.9 Å². The summed E-state index contributed by atoms with van der Waals surface area (Å²) >= 11 is 11.8. The third-order valence-electron chi connectivity index (χ3n) is 2.91. The van der Waals surface area contributed by atoms with Gasteiger partial charge in [-0.1, -0.05) is 49.4 Å². The van der Waals surface area contributed by atoms with Crippen molar-refractivity contribution in [1.82, 2.24) is 5.32 Å². The van der Waals surface area contributed by atoms with Crippen LogP contribution >= 0.6 is 23.2 Å². The SMILES string of the molecule is CCCCCCNCC(O)COc1ccc(Cl)cc1Cl. The van der Waals surface area contributed by atoms with Gasteiger partial charge < -0.3 is 15.2 Å². The Labute approximate surface area is 131 Å². The lowest BCUT2D eigenvalue weighted by atomic mass is 10.2. The Balaban J connectivity index is 2.14. The molecule has 2 N–H and O–H groups in total. The number of hydrogen-bond acceptors (Lipinski definition) is 3. The maximum Gasteiger partial charge on any atom is 0.138 e. The van der Waals surface area contributed by atoms with Crippen LogP contribution in [-0.4, -0.2) is 30.9 Å². The largest absolute Gasteiger partial charge is 0.489 e. The van der Waals surface area contributed by atoms with Gasteiger partial charge in [0.25, 0.3) is 0 Å². The number of aliphatic hydroxyl groups is 1. The van der Waals surface area contributed by atoms with Gasteiger partial charge in [-0.25, -0.2) is 0 Å². The van der Waals surface area contributed by atoms with Gasteiger partial charge in [0, 0.05) is 11.6 Å². The molecule has 0 radical (unpaired) electrons. The normalized spacial score (nSPS) is 12.4. The number of aliphatic hydroxyl groups excluding tert-OH is 1. The summed E-state index contributed by atoms with van der Waals surface area (Å²) in [4.78, 5) is 0. The Hall–Kier alpha value is -0.480. The van der Waals surface area contributed by atoms with E-state index in [1.165, 1.54) is 19.3 Å². The van der Waals surface area contributed by atoms with Crippen LogP contribution in [0.15, 0.2) is 18.2 Å². The summed E-state index contributed by atoms with van der Waals surface area (Å²) in [6.45, 7) is 3.86. The van der Waals surface area contributed by atoms with E-state index in [0.717, 1.165) is 13.0 Å². The molecular formula is C15H23Cl2NO2. The molecule has 20 heavy (non-hydrogen) atoms. The van der Waals surface area contributed by atoms with Crippen molar-refractivity contribution >= 4 is 23.2 Å². The Morgan fingerprint density at radius 1 is 1.25 bits per heavy atom. The second-order valence-corrected chi connectivity index (χ2v) is 5.65. The summed E-state index contributed by atoms with van der Waals surface area (Å²) in [5.41, 5.74) is 0. The molecule has 0 aliphatic carbocycles. The monoisotopic (exact) mass is 319 g/mol. The van der Waals surface area contributed by atoms with E-state index in [9.17, 15) is 5.11 Å². The van der Waals surface area contributed by atoms with E-state index in [1.54, 1.807) is 18.2 Å². The Morgan fingerprint density at radius 3 is 2.75 bits per heavy atom. The van der Waals surface area contributed by atoms with Gasteiger partial charge in [0.1, 0.15) is 18.5 Å². The van der Waals surface area contributed by atoms with Crippen LogP contribution < -0.4 is 10.1 Å². The molecule has 1 atom stereocenters. The summed E-state index contributed by atoms with van der Waals surface area (Å²) in [7, 11) is 0. The van der Waals surface area contributed by atoms with Crippen LogP contribution in [0.3, 0.4) is 0 Å². The second-order valence-electron chi connectivity index (χ2n) is 4.80. The molecule has 5 heteroatoms. The smallest absolute Gasteiger partial charge is 0.138 e. The topological polar surface area (TPSA) is 41.5 Å². The maximum atomic E-state index is 9.80. The Kier molecular flexibility index (Phi) is 9.03. The zero-order chi connectivity index (χ0) is 14.8. The van der Waals surface area contributed by atoms with Crippen molar-refractivity contribution < 1.29 is 9.84 Å². The molecule has 3 nitrogen and oxygen atoms in total. The minimum Gasteiger partial charge on any atom is -0.489 e. The number of nitrogens with one attached hydrogen (secondary N) is 1. The third-order valence-corrected chi connectivity index (χ3v) is 3.44. The second kappa shape index (κ2) is 10.3. The first-order chi connectivity index (χ1) is 9.63. The highest BCUT2D eigenvalue weighted by atomic mass is 35.5. The van der Waals surface area contributed by atoms with Gasteiger partial charge in [-0.3, -0.25) is 0 Å². The van der Waals surface area contributed by atoms with Gasteiger partial charge in [0.2, 0.25) is 0 Å². The molecule has 0 bridgehead atoms. The molecular weight excluding hydrogens is 297 g/mol. The molecule has 0 amide bonds. The average Bonchev–Trinajstić information content (AvgIpc) is 2.41. The van der Waals surface area contributed by atoms with Gasteiger partial charge in [-0.2, -0.15) is 0 Å². The van der Waals surface area contributed by atoms with Crippen molar-refractivity contribution in [2.75, 3.05) is 19.7 Å². The van der Waals surface area contributed by atoms with E-state index >= 15 is 0 Å². The zero-order valence-electron chi connectivity index (χ0n) is 11.9. The summed E-state index contributed by atoms with van der Waals surface area (Å²) in [5.74, 6) is 0.540. The first-order valence-corrected chi connectivity index (χ1v) is 7.85. The number of ether oxygens (including phenoxy) is 1. The molecule has 1 unspecified atom stereocenters. The molecule has 1 aromatic rings. The Bertz CT molecular complexity index is 388. The highest BCUT2D eigenvalue weighted by Crippen LogP contribution is 2.27. The summed E-state index contributed by atoms with van der Waals surface area (Å²) in [6.07, 6.45) is 4.33. The molecule has 114 valence electrons. The fourth-order valence-corrected chi connectivity index (χ4v) is 2.25. The number of benzene rings is 1. The molecule has 0 fully saturated rings. The van der Waals surface area contributed by atoms with E-state index < -0.39 is 6.10 Å². The maximum absolute atomic E-state index is 9.80. The van der Waals surface area contributed by atoms with Gasteiger partial charge in [-0.05, 0) is 31.2 Å². The van der Waals surface area contributed by atoms with Crippen molar-refractivity contribution in [2.24, 2.45) is 0 Å². The lowest BCUT2D eigenvalue weighted by Gasteiger charge is -2.14. The van der Waals surface area contributed by atoms with Crippen LogP contribution in [0.25, 0.3) is 0 Å². The molecule has 0 aliphatic heterocycles. The lowest BCUT2D eigenvalue weighted by molar-refractivity contribution is 0.106. The molecule has 0 saturated heterocycles. The minimum absolute atomic E-state index is 0.212. The average molecular weight is 320 g/mol. The third kappa shape index (κ3) is 7.34. The van der Waals surface area contributed by atoms with Gasteiger partial charge in [0.15, 0.2) is 0 Å². The van der Waals surface area contributed by atoms with Crippen molar-refractivity contribution in [2.45, 2.75) is 38.7 Å². The van der Waals surface area contributed by atoms with Crippen LogP contribution in [0.1, 0.15) is 32.6 Å². The number of unbranched alkanes of at least 4 members (excludes halogenated alkanes) is 3. The summed E-state index contributed by atoms with van der Waals surface area (Å²) < 4.78 is 5.47. The molecule has 0 saturated carbocycles. The standard InChI is InChI=1S/C15H23Cl2NO2/c1-2-3-4-5-8-18-10-13(19)11-20-15-7-6-12(16)9-14(15)17/h6-7,9,13,18-19H,2-5,8,10-11H2,1H3. The minimum atomic E-state index is -0.548. The summed E-state index contributed by atoms with van der Waals surface area (Å²) in [5, 5.41) is 14.0. The lowest BCUT2D eigenvalue weighted by Crippen LogP contribution is -2.32.